The van der Waals surface area contributed by atoms with Gasteiger partial charge in [-0.3, -0.25) is 0 Å². The third kappa shape index (κ3) is 5.06. The first-order valence-corrected chi connectivity index (χ1v) is 29.7. The average Bonchev–Trinajstić information content (AvgIpc) is 3.32. The van der Waals surface area contributed by atoms with Gasteiger partial charge in [0.25, 0.3) is 0 Å². The highest BCUT2D eigenvalue weighted by Gasteiger charge is 2.75. The highest BCUT2D eigenvalue weighted by Crippen LogP contribution is 2.78. The fraction of sp³-hybridized carbons (Fsp3) is 0.778. The Morgan fingerprint density at radius 2 is 0.790 bits per heavy atom. The first-order chi connectivity index (χ1) is 30.8. The molecule has 16 rings (SSSR count). The number of hydrogen-bond donors (Lipinski definition) is 0. The summed E-state index contributed by atoms with van der Waals surface area (Å²) >= 11 is 0. The number of benzene rings is 2. The lowest BCUT2D eigenvalue weighted by molar-refractivity contribution is -0.175. The number of anilines is 2. The van der Waals surface area contributed by atoms with Crippen LogP contribution in [0.2, 0.25) is 0 Å². The van der Waals surface area contributed by atoms with Crippen LogP contribution >= 0.6 is 15.8 Å². The Morgan fingerprint density at radius 3 is 1.24 bits per heavy atom. The lowest BCUT2D eigenvalue weighted by Gasteiger charge is -2.76. The molecule has 0 radical (unpaired) electrons. The van der Waals surface area contributed by atoms with Gasteiger partial charge < -0.3 is 28.7 Å². The normalized spacial score (nSPS) is 56.8. The lowest BCUT2D eigenvalue weighted by atomic mass is 9.60. The van der Waals surface area contributed by atoms with E-state index in [1.165, 1.54) is 127 Å². The van der Waals surface area contributed by atoms with E-state index in [0.29, 0.717) is 119 Å². The van der Waals surface area contributed by atoms with E-state index in [2.05, 4.69) is 70.5 Å². The summed E-state index contributed by atoms with van der Waals surface area (Å²) in [4.78, 5) is 6.38. The molecule has 0 amide bonds. The van der Waals surface area contributed by atoms with Crippen LogP contribution in [-0.2, 0) is 18.9 Å². The molecule has 14 aliphatic rings. The van der Waals surface area contributed by atoms with Crippen molar-refractivity contribution in [2.24, 2.45) is 35.5 Å². The number of rotatable bonds is 2. The SMILES string of the molecule is c1ccc(N2C3CC4CCCCC4C4OC5CCCC6OC7CC8C(CC9OC%10CCCC%11OC%12C%13CCCCC%13CC%13C%12P(C%10%11)C9C8N%13c8ccccc8)C2C7P(C65)C43)cc1. The molecule has 8 saturated carbocycles. The molecular formula is C54H70N2O4P2. The van der Waals surface area contributed by atoms with Gasteiger partial charge in [0.05, 0.1) is 48.8 Å². The standard InChI is InChI=1S/C54H70N2O4P2/c1-3-15-31(16-4-1)55-37-25-29-13-7-9-19-33(29)47-49(37)61-51-39(21-11-23-41(51)59-47)57-43-28-36-35(45(55)53(43)61)27-44-54-46(36)56(32-17-5-2-6-18-32)38-26-30-14-8-10-20-34(30)48-50(38)62(54)52-40(58-44)22-12-24-42(52)60-48/h1-6,15-18,29-30,33-54H,7-14,19-28H2. The smallest absolute Gasteiger partial charge is 0.0697 e. The van der Waals surface area contributed by atoms with Gasteiger partial charge in [-0.15, -0.1) is 0 Å². The molecule has 0 aromatic heterocycles. The molecule has 2 aromatic rings. The molecule has 0 bridgehead atoms. The van der Waals surface area contributed by atoms with E-state index in [1.807, 2.05) is 0 Å². The van der Waals surface area contributed by atoms with E-state index >= 15 is 0 Å². The maximum absolute atomic E-state index is 7.89. The largest absolute Gasteiger partial charge is 0.373 e. The molecule has 8 aliphatic carbocycles. The van der Waals surface area contributed by atoms with Crippen molar-refractivity contribution in [1.82, 2.24) is 0 Å². The Bertz CT molecular complexity index is 1900. The summed E-state index contributed by atoms with van der Waals surface area (Å²) in [6, 6.07) is 26.3. The van der Waals surface area contributed by atoms with Crippen LogP contribution in [0.5, 0.6) is 0 Å². The molecule has 6 heterocycles. The van der Waals surface area contributed by atoms with Gasteiger partial charge in [-0.25, -0.2) is 0 Å². The van der Waals surface area contributed by atoms with Crippen LogP contribution in [0, 0.1) is 35.5 Å². The summed E-state index contributed by atoms with van der Waals surface area (Å²) in [7, 11) is -0.492. The number of ether oxygens (including phenoxy) is 4. The summed E-state index contributed by atoms with van der Waals surface area (Å²) in [5.74, 6) is 4.43. The van der Waals surface area contributed by atoms with Crippen molar-refractivity contribution in [3.8, 4) is 0 Å². The number of para-hydroxylation sites is 2. The number of hydrogen-bond acceptors (Lipinski definition) is 6. The zero-order valence-corrected chi connectivity index (χ0v) is 38.6. The maximum Gasteiger partial charge on any atom is 0.0697 e. The number of nitrogens with zero attached hydrogens (tertiary/aromatic N) is 2. The molecule has 8 heteroatoms. The van der Waals surface area contributed by atoms with Crippen LogP contribution < -0.4 is 9.80 Å². The van der Waals surface area contributed by atoms with Crippen molar-refractivity contribution < 1.29 is 18.9 Å². The quantitative estimate of drug-likeness (QED) is 0.280. The fourth-order valence-electron chi connectivity index (χ4n) is 20.0. The van der Waals surface area contributed by atoms with Crippen LogP contribution in [0.1, 0.15) is 116 Å². The van der Waals surface area contributed by atoms with Gasteiger partial charge in [-0.2, -0.15) is 0 Å². The molecule has 2 aromatic carbocycles. The average molecular weight is 873 g/mol. The second-order valence-electron chi connectivity index (χ2n) is 23.7. The van der Waals surface area contributed by atoms with E-state index in [4.69, 9.17) is 18.9 Å². The third-order valence-corrected chi connectivity index (χ3v) is 29.6. The Hall–Kier alpha value is -1.26. The Balaban J connectivity index is 0.892. The van der Waals surface area contributed by atoms with Crippen LogP contribution in [-0.4, -0.2) is 107 Å². The third-order valence-electron chi connectivity index (χ3n) is 21.6. The zero-order valence-electron chi connectivity index (χ0n) is 36.8. The molecule has 6 saturated heterocycles. The molecular weight excluding hydrogens is 803 g/mol. The second kappa shape index (κ2) is 14.1. The molecule has 0 N–H and O–H groups in total. The summed E-state index contributed by atoms with van der Waals surface area (Å²) in [6.45, 7) is 0. The topological polar surface area (TPSA) is 43.4 Å². The van der Waals surface area contributed by atoms with Gasteiger partial charge in [0.2, 0.25) is 0 Å². The van der Waals surface area contributed by atoms with Crippen molar-refractivity contribution in [2.75, 3.05) is 9.80 Å². The Kier molecular flexibility index (Phi) is 8.62. The van der Waals surface area contributed by atoms with Crippen LogP contribution in [0.25, 0.3) is 0 Å². The first kappa shape index (κ1) is 37.8. The van der Waals surface area contributed by atoms with Crippen molar-refractivity contribution in [2.45, 2.75) is 223 Å². The van der Waals surface area contributed by atoms with Crippen molar-refractivity contribution in [1.29, 1.82) is 0 Å². The predicted molar refractivity (Wildman–Crippen MR) is 248 cm³/mol. The molecule has 0 spiro atoms. The van der Waals surface area contributed by atoms with Crippen LogP contribution in [0.3, 0.4) is 0 Å². The van der Waals surface area contributed by atoms with Crippen molar-refractivity contribution in [3.05, 3.63) is 60.7 Å². The van der Waals surface area contributed by atoms with E-state index < -0.39 is 0 Å². The monoisotopic (exact) mass is 872 g/mol. The minimum absolute atomic E-state index is 0.246. The molecule has 14 fully saturated rings. The highest BCUT2D eigenvalue weighted by atomic mass is 31.1. The summed E-state index contributed by atoms with van der Waals surface area (Å²) in [6.07, 6.45) is 27.7. The Labute approximate surface area is 373 Å². The van der Waals surface area contributed by atoms with Crippen LogP contribution in [0.15, 0.2) is 60.7 Å². The van der Waals surface area contributed by atoms with E-state index in [-0.39, 0.29) is 15.8 Å². The van der Waals surface area contributed by atoms with Gasteiger partial charge in [0, 0.05) is 69.5 Å². The van der Waals surface area contributed by atoms with Gasteiger partial charge in [-0.1, -0.05) is 90.8 Å². The maximum atomic E-state index is 7.89. The molecule has 6 nitrogen and oxygen atoms in total. The lowest BCUT2D eigenvalue weighted by Crippen LogP contribution is -2.81. The molecule has 6 aliphatic heterocycles. The predicted octanol–water partition coefficient (Wildman–Crippen LogP) is 10.6. The minimum atomic E-state index is -0.246. The first-order valence-electron chi connectivity index (χ1n) is 26.6. The zero-order chi connectivity index (χ0) is 39.9. The fourth-order valence-corrected chi connectivity index (χ4v) is 30.0. The minimum Gasteiger partial charge on any atom is -0.373 e. The second-order valence-corrected chi connectivity index (χ2v) is 29.1. The van der Waals surface area contributed by atoms with E-state index in [9.17, 15) is 0 Å². The van der Waals surface area contributed by atoms with Gasteiger partial charge in [-0.05, 0) is 137 Å². The van der Waals surface area contributed by atoms with Crippen molar-refractivity contribution >= 4 is 27.2 Å². The number of fused-ring (bicyclic) bond motifs is 7. The summed E-state index contributed by atoms with van der Waals surface area (Å²) in [5, 5.41) is 0. The molecule has 62 heavy (non-hydrogen) atoms. The van der Waals surface area contributed by atoms with Gasteiger partial charge in [0.15, 0.2) is 0 Å². The summed E-state index contributed by atoms with van der Waals surface area (Å²) in [5.41, 5.74) is 6.99. The van der Waals surface area contributed by atoms with Crippen LogP contribution in [0.4, 0.5) is 11.4 Å². The van der Waals surface area contributed by atoms with Crippen molar-refractivity contribution in [3.63, 3.8) is 0 Å². The van der Waals surface area contributed by atoms with Gasteiger partial charge >= 0.3 is 0 Å². The van der Waals surface area contributed by atoms with Gasteiger partial charge in [0.1, 0.15) is 0 Å². The highest BCUT2D eigenvalue weighted by molar-refractivity contribution is 7.61. The Morgan fingerprint density at radius 1 is 0.371 bits per heavy atom. The molecule has 26 atom stereocenters. The molecule has 26 unspecified atom stereocenters. The summed E-state index contributed by atoms with van der Waals surface area (Å²) < 4.78 is 31.1. The van der Waals surface area contributed by atoms with E-state index in [1.54, 1.807) is 0 Å². The molecule has 330 valence electrons. The van der Waals surface area contributed by atoms with E-state index in [0.717, 1.165) is 23.7 Å².